The zero-order chi connectivity index (χ0) is 23.1. The maximum atomic E-state index is 12.7. The molecule has 168 valence electrons. The number of methoxy groups -OCH3 is 1. The van der Waals surface area contributed by atoms with Crippen molar-refractivity contribution in [3.05, 3.63) is 66.0 Å². The highest BCUT2D eigenvalue weighted by atomic mass is 16.5. The van der Waals surface area contributed by atoms with E-state index >= 15 is 0 Å². The van der Waals surface area contributed by atoms with Crippen LogP contribution in [-0.4, -0.2) is 53.2 Å². The van der Waals surface area contributed by atoms with Crippen LogP contribution in [0.2, 0.25) is 0 Å². The Balaban J connectivity index is 1.61. The number of carbonyl (C=O) groups excluding carboxylic acids is 2. The van der Waals surface area contributed by atoms with Crippen LogP contribution in [0.3, 0.4) is 0 Å². The average Bonchev–Trinajstić information content (AvgIpc) is 3.07. The van der Waals surface area contributed by atoms with E-state index < -0.39 is 0 Å². The minimum Gasteiger partial charge on any atom is -0.497 e. The van der Waals surface area contributed by atoms with Gasteiger partial charge in [-0.25, -0.2) is 4.68 Å². The molecule has 2 amide bonds. The first kappa shape index (κ1) is 23.0. The monoisotopic (exact) mass is 435 g/mol. The Morgan fingerprint density at radius 2 is 1.69 bits per heavy atom. The Morgan fingerprint density at radius 1 is 1.00 bits per heavy atom. The molecule has 1 heterocycles. The van der Waals surface area contributed by atoms with Crippen LogP contribution in [0.25, 0.3) is 5.69 Å². The Hall–Kier alpha value is -3.65. The Labute approximate surface area is 188 Å². The summed E-state index contributed by atoms with van der Waals surface area (Å²) in [5, 5.41) is 10.4. The van der Waals surface area contributed by atoms with Crippen molar-refractivity contribution in [1.82, 2.24) is 14.7 Å². The van der Waals surface area contributed by atoms with E-state index in [4.69, 9.17) is 4.74 Å². The van der Waals surface area contributed by atoms with Gasteiger partial charge < -0.3 is 15.4 Å². The maximum absolute atomic E-state index is 12.7. The molecule has 8 nitrogen and oxygen atoms in total. The Kier molecular flexibility index (Phi) is 7.62. The number of aromatic nitrogens is 2. The lowest BCUT2D eigenvalue weighted by atomic mass is 10.3. The summed E-state index contributed by atoms with van der Waals surface area (Å²) in [6.07, 6.45) is 0. The van der Waals surface area contributed by atoms with Crippen LogP contribution in [0.5, 0.6) is 5.75 Å². The van der Waals surface area contributed by atoms with Gasteiger partial charge in [0.2, 0.25) is 11.8 Å². The van der Waals surface area contributed by atoms with Crippen molar-refractivity contribution in [2.45, 2.75) is 20.8 Å². The number of hydrogen-bond acceptors (Lipinski definition) is 5. The summed E-state index contributed by atoms with van der Waals surface area (Å²) in [7, 11) is 1.57. The van der Waals surface area contributed by atoms with Crippen LogP contribution in [0.1, 0.15) is 18.3 Å². The van der Waals surface area contributed by atoms with Gasteiger partial charge in [0.1, 0.15) is 5.75 Å². The van der Waals surface area contributed by atoms with Gasteiger partial charge in [0, 0.05) is 11.8 Å². The summed E-state index contributed by atoms with van der Waals surface area (Å²) in [4.78, 5) is 26.9. The largest absolute Gasteiger partial charge is 0.497 e. The van der Waals surface area contributed by atoms with Crippen LogP contribution in [0.4, 0.5) is 11.4 Å². The second-order valence-electron chi connectivity index (χ2n) is 7.42. The zero-order valence-corrected chi connectivity index (χ0v) is 18.9. The van der Waals surface area contributed by atoms with E-state index in [1.165, 1.54) is 0 Å². The lowest BCUT2D eigenvalue weighted by molar-refractivity contribution is -0.119. The molecule has 0 atom stereocenters. The molecule has 0 fully saturated rings. The molecule has 0 aliphatic carbocycles. The SMILES string of the molecule is CCN(CC(=O)Nc1cccc(OC)c1)CC(=O)Nc1c(C)nn(-c2ccccc2)c1C. The molecule has 0 radical (unpaired) electrons. The van der Waals surface area contributed by atoms with Gasteiger partial charge >= 0.3 is 0 Å². The highest BCUT2D eigenvalue weighted by Crippen LogP contribution is 2.22. The fraction of sp³-hybridized carbons (Fsp3) is 0.292. The minimum atomic E-state index is -0.197. The molecule has 0 aliphatic heterocycles. The van der Waals surface area contributed by atoms with Gasteiger partial charge in [0.25, 0.3) is 0 Å². The van der Waals surface area contributed by atoms with E-state index in [1.54, 1.807) is 30.2 Å². The van der Waals surface area contributed by atoms with Crippen LogP contribution < -0.4 is 15.4 Å². The maximum Gasteiger partial charge on any atom is 0.238 e. The number of para-hydroxylation sites is 1. The third kappa shape index (κ3) is 5.73. The molecule has 3 aromatic rings. The molecule has 0 bridgehead atoms. The van der Waals surface area contributed by atoms with Gasteiger partial charge in [-0.3, -0.25) is 14.5 Å². The second kappa shape index (κ2) is 10.6. The van der Waals surface area contributed by atoms with E-state index in [0.717, 1.165) is 17.1 Å². The third-order valence-electron chi connectivity index (χ3n) is 5.09. The molecular weight excluding hydrogens is 406 g/mol. The van der Waals surface area contributed by atoms with E-state index in [9.17, 15) is 9.59 Å². The quantitative estimate of drug-likeness (QED) is 0.538. The predicted octanol–water partition coefficient (Wildman–Crippen LogP) is 3.40. The molecule has 0 unspecified atom stereocenters. The predicted molar refractivity (Wildman–Crippen MR) is 125 cm³/mol. The lowest BCUT2D eigenvalue weighted by Gasteiger charge is -2.19. The third-order valence-corrected chi connectivity index (χ3v) is 5.09. The highest BCUT2D eigenvalue weighted by Gasteiger charge is 2.18. The van der Waals surface area contributed by atoms with Crippen molar-refractivity contribution in [3.63, 3.8) is 0 Å². The van der Waals surface area contributed by atoms with Gasteiger partial charge in [-0.15, -0.1) is 0 Å². The summed E-state index contributed by atoms with van der Waals surface area (Å²) in [5.41, 5.74) is 3.85. The van der Waals surface area contributed by atoms with Crippen molar-refractivity contribution in [2.75, 3.05) is 37.4 Å². The number of anilines is 2. The molecule has 2 aromatic carbocycles. The van der Waals surface area contributed by atoms with Gasteiger partial charge in [0.15, 0.2) is 0 Å². The van der Waals surface area contributed by atoms with E-state index in [0.29, 0.717) is 23.7 Å². The first-order chi connectivity index (χ1) is 15.4. The molecule has 0 aliphatic rings. The number of nitrogens with one attached hydrogen (secondary N) is 2. The zero-order valence-electron chi connectivity index (χ0n) is 18.9. The fourth-order valence-electron chi connectivity index (χ4n) is 3.41. The van der Waals surface area contributed by atoms with Crippen molar-refractivity contribution in [1.29, 1.82) is 0 Å². The molecule has 0 saturated heterocycles. The van der Waals surface area contributed by atoms with Gasteiger partial charge in [-0.1, -0.05) is 31.2 Å². The number of likely N-dealkylation sites (N-methyl/N-ethyl adjacent to an activating group) is 1. The van der Waals surface area contributed by atoms with Crippen molar-refractivity contribution in [2.24, 2.45) is 0 Å². The number of ether oxygens (including phenoxy) is 1. The Bertz CT molecular complexity index is 1080. The smallest absolute Gasteiger partial charge is 0.238 e. The van der Waals surface area contributed by atoms with E-state index in [1.807, 2.05) is 61.9 Å². The van der Waals surface area contributed by atoms with Crippen molar-refractivity contribution >= 4 is 23.2 Å². The van der Waals surface area contributed by atoms with E-state index in [-0.39, 0.29) is 24.9 Å². The minimum absolute atomic E-state index is 0.0947. The number of aryl methyl sites for hydroxylation is 1. The number of nitrogens with zero attached hydrogens (tertiary/aromatic N) is 3. The Morgan fingerprint density at radius 3 is 2.34 bits per heavy atom. The number of benzene rings is 2. The number of rotatable bonds is 9. The fourth-order valence-corrected chi connectivity index (χ4v) is 3.41. The lowest BCUT2D eigenvalue weighted by Crippen LogP contribution is -2.38. The average molecular weight is 436 g/mol. The van der Waals surface area contributed by atoms with Crippen molar-refractivity contribution in [3.8, 4) is 11.4 Å². The van der Waals surface area contributed by atoms with Gasteiger partial charge in [-0.2, -0.15) is 5.10 Å². The van der Waals surface area contributed by atoms with Gasteiger partial charge in [-0.05, 0) is 44.7 Å². The first-order valence-electron chi connectivity index (χ1n) is 10.5. The summed E-state index contributed by atoms with van der Waals surface area (Å²) < 4.78 is 6.99. The van der Waals surface area contributed by atoms with Crippen LogP contribution in [-0.2, 0) is 9.59 Å². The summed E-state index contributed by atoms with van der Waals surface area (Å²) >= 11 is 0. The standard InChI is InChI=1S/C24H29N5O3/c1-5-28(15-22(30)25-19-10-9-13-21(14-19)32-4)16-23(31)26-24-17(2)27-29(18(24)3)20-11-7-6-8-12-20/h6-14H,5,15-16H2,1-4H3,(H,25,30)(H,26,31). The number of amides is 2. The van der Waals surface area contributed by atoms with Gasteiger partial charge in [0.05, 0.1) is 43.0 Å². The normalized spacial score (nSPS) is 10.8. The van der Waals surface area contributed by atoms with Crippen LogP contribution in [0, 0.1) is 13.8 Å². The van der Waals surface area contributed by atoms with E-state index in [2.05, 4.69) is 15.7 Å². The molecule has 0 spiro atoms. The summed E-state index contributed by atoms with van der Waals surface area (Å²) in [5.74, 6) is 0.272. The number of hydrogen-bond donors (Lipinski definition) is 2. The molecule has 8 heteroatoms. The summed E-state index contributed by atoms with van der Waals surface area (Å²) in [6, 6.07) is 16.9. The highest BCUT2D eigenvalue weighted by molar-refractivity contribution is 5.95. The first-order valence-corrected chi connectivity index (χ1v) is 10.5. The second-order valence-corrected chi connectivity index (χ2v) is 7.42. The molecule has 32 heavy (non-hydrogen) atoms. The van der Waals surface area contributed by atoms with Crippen LogP contribution in [0.15, 0.2) is 54.6 Å². The molecule has 1 aromatic heterocycles. The number of carbonyl (C=O) groups is 2. The molecule has 0 saturated carbocycles. The topological polar surface area (TPSA) is 88.5 Å². The molecule has 2 N–H and O–H groups in total. The molecular formula is C24H29N5O3. The van der Waals surface area contributed by atoms with Crippen LogP contribution >= 0.6 is 0 Å². The molecule has 3 rings (SSSR count). The summed E-state index contributed by atoms with van der Waals surface area (Å²) in [6.45, 7) is 6.44. The van der Waals surface area contributed by atoms with Crippen molar-refractivity contribution < 1.29 is 14.3 Å².